The second kappa shape index (κ2) is 6.33. The molecule has 0 radical (unpaired) electrons. The first kappa shape index (κ1) is 14.2. The van der Waals surface area contributed by atoms with Crippen molar-refractivity contribution in [2.75, 3.05) is 0 Å². The average molecular weight is 317 g/mol. The molecule has 2 nitrogen and oxygen atoms in total. The maximum Gasteiger partial charge on any atom is 0.113 e. The summed E-state index contributed by atoms with van der Waals surface area (Å²) in [4.78, 5) is 4.45. The van der Waals surface area contributed by atoms with Crippen molar-refractivity contribution >= 4 is 23.2 Å². The van der Waals surface area contributed by atoms with Gasteiger partial charge in [-0.15, -0.1) is 0 Å². The maximum atomic E-state index is 6.24. The molecule has 0 spiro atoms. The fourth-order valence-corrected chi connectivity index (χ4v) is 2.73. The third-order valence-electron chi connectivity index (χ3n) is 3.36. The molecule has 0 aliphatic rings. The largest absolute Gasteiger partial charge is 0.330 e. The Morgan fingerprint density at radius 1 is 1.00 bits per heavy atom. The van der Waals surface area contributed by atoms with Crippen LogP contribution in [0, 0.1) is 0 Å². The average Bonchev–Trinajstić information content (AvgIpc) is 2.90. The summed E-state index contributed by atoms with van der Waals surface area (Å²) >= 11 is 12.2. The minimum absolute atomic E-state index is 0.652. The molecule has 0 atom stereocenters. The summed E-state index contributed by atoms with van der Waals surface area (Å²) in [5.74, 6) is 1.02. The number of rotatable bonds is 4. The number of nitrogens with zero attached hydrogens (tertiary/aromatic N) is 2. The zero-order valence-corrected chi connectivity index (χ0v) is 12.8. The highest BCUT2D eigenvalue weighted by Gasteiger charge is 2.07. The molecule has 0 amide bonds. The summed E-state index contributed by atoms with van der Waals surface area (Å²) in [7, 11) is 0. The zero-order valence-electron chi connectivity index (χ0n) is 11.3. The van der Waals surface area contributed by atoms with Gasteiger partial charge < -0.3 is 4.57 Å². The van der Waals surface area contributed by atoms with Gasteiger partial charge in [-0.1, -0.05) is 59.6 Å². The van der Waals surface area contributed by atoms with E-state index in [1.165, 1.54) is 5.56 Å². The molecule has 4 heteroatoms. The lowest BCUT2D eigenvalue weighted by Gasteiger charge is -2.10. The highest BCUT2D eigenvalue weighted by molar-refractivity contribution is 6.35. The lowest BCUT2D eigenvalue weighted by Crippen LogP contribution is -2.05. The second-order valence-corrected chi connectivity index (χ2v) is 5.71. The van der Waals surface area contributed by atoms with E-state index in [4.69, 9.17) is 23.2 Å². The third kappa shape index (κ3) is 3.46. The molecule has 0 fully saturated rings. The van der Waals surface area contributed by atoms with Crippen LogP contribution in [0.3, 0.4) is 0 Å². The first-order valence-electron chi connectivity index (χ1n) is 6.70. The molecule has 0 aliphatic carbocycles. The van der Waals surface area contributed by atoms with Crippen LogP contribution in [0.2, 0.25) is 10.0 Å². The monoisotopic (exact) mass is 316 g/mol. The predicted octanol–water partition coefficient (Wildman–Crippen LogP) is 4.83. The van der Waals surface area contributed by atoms with Crippen LogP contribution in [0.25, 0.3) is 0 Å². The molecule has 0 saturated carbocycles. The predicted molar refractivity (Wildman–Crippen MR) is 87.0 cm³/mol. The molecule has 0 saturated heterocycles. The number of benzene rings is 2. The zero-order chi connectivity index (χ0) is 14.7. The topological polar surface area (TPSA) is 17.8 Å². The molecule has 21 heavy (non-hydrogen) atoms. The molecular formula is C17H14Cl2N2. The molecule has 0 N–H and O–H groups in total. The van der Waals surface area contributed by atoms with Crippen LogP contribution in [-0.2, 0) is 13.0 Å². The maximum absolute atomic E-state index is 6.24. The Morgan fingerprint density at radius 3 is 2.57 bits per heavy atom. The quantitative estimate of drug-likeness (QED) is 0.674. The van der Waals surface area contributed by atoms with Gasteiger partial charge in [0.05, 0.1) is 6.54 Å². The minimum Gasteiger partial charge on any atom is -0.330 e. The first-order valence-corrected chi connectivity index (χ1v) is 7.46. The Hall–Kier alpha value is -1.77. The van der Waals surface area contributed by atoms with Crippen LogP contribution < -0.4 is 0 Å². The summed E-state index contributed by atoms with van der Waals surface area (Å²) in [5, 5.41) is 1.33. The van der Waals surface area contributed by atoms with E-state index >= 15 is 0 Å². The Labute approximate surface area is 134 Å². The lowest BCUT2D eigenvalue weighted by atomic mass is 10.1. The SMILES string of the molecule is Clc1ccc(Cn2ccnc2Cc2ccccc2)c(Cl)c1. The molecule has 0 unspecified atom stereocenters. The van der Waals surface area contributed by atoms with Gasteiger partial charge in [0.15, 0.2) is 0 Å². The Bertz CT molecular complexity index is 736. The smallest absolute Gasteiger partial charge is 0.113 e. The van der Waals surface area contributed by atoms with Gasteiger partial charge in [0.1, 0.15) is 5.82 Å². The number of hydrogen-bond acceptors (Lipinski definition) is 1. The van der Waals surface area contributed by atoms with Crippen LogP contribution in [0.15, 0.2) is 60.9 Å². The number of hydrogen-bond donors (Lipinski definition) is 0. The second-order valence-electron chi connectivity index (χ2n) is 4.87. The van der Waals surface area contributed by atoms with Crippen molar-refractivity contribution in [2.45, 2.75) is 13.0 Å². The van der Waals surface area contributed by atoms with E-state index in [2.05, 4.69) is 21.7 Å². The normalized spacial score (nSPS) is 10.8. The van der Waals surface area contributed by atoms with Crippen LogP contribution in [-0.4, -0.2) is 9.55 Å². The van der Waals surface area contributed by atoms with Gasteiger partial charge in [0, 0.05) is 28.9 Å². The minimum atomic E-state index is 0.652. The lowest BCUT2D eigenvalue weighted by molar-refractivity contribution is 0.741. The van der Waals surface area contributed by atoms with Gasteiger partial charge in [0.2, 0.25) is 0 Å². The van der Waals surface area contributed by atoms with Crippen molar-refractivity contribution in [2.24, 2.45) is 0 Å². The van der Waals surface area contributed by atoms with Crippen LogP contribution in [0.1, 0.15) is 17.0 Å². The van der Waals surface area contributed by atoms with Gasteiger partial charge in [-0.2, -0.15) is 0 Å². The molecule has 2 aromatic carbocycles. The van der Waals surface area contributed by atoms with E-state index in [-0.39, 0.29) is 0 Å². The highest BCUT2D eigenvalue weighted by Crippen LogP contribution is 2.22. The molecule has 3 aromatic rings. The highest BCUT2D eigenvalue weighted by atomic mass is 35.5. The van der Waals surface area contributed by atoms with E-state index < -0.39 is 0 Å². The van der Waals surface area contributed by atoms with Crippen molar-refractivity contribution in [1.82, 2.24) is 9.55 Å². The Morgan fingerprint density at radius 2 is 1.81 bits per heavy atom. The molecule has 1 heterocycles. The summed E-state index contributed by atoms with van der Waals surface area (Å²) in [6, 6.07) is 15.9. The molecule has 106 valence electrons. The van der Waals surface area contributed by atoms with Crippen LogP contribution in [0.5, 0.6) is 0 Å². The van der Waals surface area contributed by atoms with E-state index in [0.717, 1.165) is 17.8 Å². The number of halogens is 2. The fraction of sp³-hybridized carbons (Fsp3) is 0.118. The van der Waals surface area contributed by atoms with Gasteiger partial charge in [-0.25, -0.2) is 4.98 Å². The molecule has 3 rings (SSSR count). The van der Waals surface area contributed by atoms with Gasteiger partial charge in [-0.05, 0) is 23.3 Å². The molecule has 0 bridgehead atoms. The Kier molecular flexibility index (Phi) is 4.28. The van der Waals surface area contributed by atoms with E-state index in [1.54, 1.807) is 6.07 Å². The standard InChI is InChI=1S/C17H14Cl2N2/c18-15-7-6-14(16(19)11-15)12-21-9-8-20-17(21)10-13-4-2-1-3-5-13/h1-9,11H,10,12H2. The summed E-state index contributed by atoms with van der Waals surface area (Å²) in [6.07, 6.45) is 4.60. The van der Waals surface area contributed by atoms with Gasteiger partial charge >= 0.3 is 0 Å². The van der Waals surface area contributed by atoms with Crippen molar-refractivity contribution in [1.29, 1.82) is 0 Å². The van der Waals surface area contributed by atoms with Crippen molar-refractivity contribution in [3.8, 4) is 0 Å². The fourth-order valence-electron chi connectivity index (χ4n) is 2.26. The van der Waals surface area contributed by atoms with E-state index in [1.807, 2.05) is 42.7 Å². The van der Waals surface area contributed by atoms with Gasteiger partial charge in [0.25, 0.3) is 0 Å². The van der Waals surface area contributed by atoms with Gasteiger partial charge in [-0.3, -0.25) is 0 Å². The summed E-state index contributed by atoms with van der Waals surface area (Å²) < 4.78 is 2.11. The van der Waals surface area contributed by atoms with Crippen LogP contribution >= 0.6 is 23.2 Å². The van der Waals surface area contributed by atoms with E-state index in [9.17, 15) is 0 Å². The summed E-state index contributed by atoms with van der Waals surface area (Å²) in [5.41, 5.74) is 2.28. The number of imidazole rings is 1. The molecule has 1 aromatic heterocycles. The number of aromatic nitrogens is 2. The van der Waals surface area contributed by atoms with Crippen molar-refractivity contribution in [3.05, 3.63) is 87.9 Å². The van der Waals surface area contributed by atoms with Crippen molar-refractivity contribution in [3.63, 3.8) is 0 Å². The van der Waals surface area contributed by atoms with Crippen LogP contribution in [0.4, 0.5) is 0 Å². The first-order chi connectivity index (χ1) is 10.2. The van der Waals surface area contributed by atoms with Crippen molar-refractivity contribution < 1.29 is 0 Å². The molecule has 0 aliphatic heterocycles. The van der Waals surface area contributed by atoms with E-state index in [0.29, 0.717) is 16.6 Å². The summed E-state index contributed by atoms with van der Waals surface area (Å²) in [6.45, 7) is 0.693. The third-order valence-corrected chi connectivity index (χ3v) is 3.95. The Balaban J connectivity index is 1.82. The molecular weight excluding hydrogens is 303 g/mol.